The molecule has 3 aromatic carbocycles. The van der Waals surface area contributed by atoms with Crippen LogP contribution in [-0.2, 0) is 0 Å². The fourth-order valence-corrected chi connectivity index (χ4v) is 3.27. The predicted octanol–water partition coefficient (Wildman–Crippen LogP) is 5.83. The van der Waals surface area contributed by atoms with Gasteiger partial charge in [0.1, 0.15) is 5.82 Å². The van der Waals surface area contributed by atoms with Crippen LogP contribution in [0.5, 0.6) is 17.5 Å². The van der Waals surface area contributed by atoms with Crippen molar-refractivity contribution in [3.63, 3.8) is 0 Å². The molecule has 0 radical (unpaired) electrons. The average molecular weight is 500 g/mol. The van der Waals surface area contributed by atoms with Crippen LogP contribution in [0.1, 0.15) is 21.5 Å². The monoisotopic (exact) mass is 499 g/mol. The molecule has 0 amide bonds. The van der Waals surface area contributed by atoms with Gasteiger partial charge < -0.3 is 19.7 Å². The van der Waals surface area contributed by atoms with Crippen LogP contribution in [0.2, 0.25) is 0 Å². The molecule has 4 aromatic rings. The lowest BCUT2D eigenvalue weighted by atomic mass is 10.1. The molecule has 0 aliphatic carbocycles. The Morgan fingerprint density at radius 1 is 0.946 bits per heavy atom. The molecule has 188 valence electrons. The Kier molecular flexibility index (Phi) is 7.73. The van der Waals surface area contributed by atoms with Gasteiger partial charge in [0.05, 0.1) is 7.11 Å². The van der Waals surface area contributed by atoms with E-state index < -0.39 is 0 Å². The topological polar surface area (TPSA) is 89.5 Å². The molecule has 0 spiro atoms. The van der Waals surface area contributed by atoms with Gasteiger partial charge in [-0.05, 0) is 55.0 Å². The number of methoxy groups -OCH3 is 1. The van der Waals surface area contributed by atoms with E-state index in [4.69, 9.17) is 9.47 Å². The van der Waals surface area contributed by atoms with Crippen LogP contribution in [0.25, 0.3) is 6.08 Å². The molecule has 1 heterocycles. The van der Waals surface area contributed by atoms with Gasteiger partial charge in [-0.1, -0.05) is 42.0 Å². The van der Waals surface area contributed by atoms with Gasteiger partial charge in [-0.2, -0.15) is 15.0 Å². The van der Waals surface area contributed by atoms with Crippen molar-refractivity contribution in [3.05, 3.63) is 95.3 Å². The van der Waals surface area contributed by atoms with Crippen molar-refractivity contribution in [2.45, 2.75) is 6.92 Å². The summed E-state index contributed by atoms with van der Waals surface area (Å²) in [6, 6.07) is 18.5. The zero-order valence-electron chi connectivity index (χ0n) is 20.9. The van der Waals surface area contributed by atoms with Gasteiger partial charge in [0, 0.05) is 25.3 Å². The van der Waals surface area contributed by atoms with Crippen molar-refractivity contribution in [1.82, 2.24) is 15.0 Å². The average Bonchev–Trinajstić information content (AvgIpc) is 2.89. The maximum Gasteiger partial charge on any atom is 0.328 e. The molecule has 8 nitrogen and oxygen atoms in total. The van der Waals surface area contributed by atoms with Gasteiger partial charge >= 0.3 is 6.01 Å². The van der Waals surface area contributed by atoms with Gasteiger partial charge in [-0.15, -0.1) is 0 Å². The zero-order chi connectivity index (χ0) is 26.4. The highest BCUT2D eigenvalue weighted by molar-refractivity contribution is 6.06. The Hall–Kier alpha value is -4.79. The Labute approximate surface area is 214 Å². The number of carbonyl (C=O) groups is 1. The van der Waals surface area contributed by atoms with Crippen molar-refractivity contribution in [1.29, 1.82) is 0 Å². The summed E-state index contributed by atoms with van der Waals surface area (Å²) in [6.07, 6.45) is 3.23. The number of anilines is 3. The second-order valence-electron chi connectivity index (χ2n) is 8.34. The maximum atomic E-state index is 13.3. The highest BCUT2D eigenvalue weighted by atomic mass is 19.1. The molecule has 0 fully saturated rings. The molecule has 1 N–H and O–H groups in total. The van der Waals surface area contributed by atoms with Crippen LogP contribution in [0.3, 0.4) is 0 Å². The number of aromatic nitrogens is 3. The minimum Gasteiger partial charge on any atom is -0.493 e. The molecule has 1 aromatic heterocycles. The summed E-state index contributed by atoms with van der Waals surface area (Å²) in [5.74, 6) is 0.972. The number of carbonyl (C=O) groups excluding carboxylic acids is 1. The summed E-state index contributed by atoms with van der Waals surface area (Å²) < 4.78 is 24.7. The van der Waals surface area contributed by atoms with Crippen molar-refractivity contribution < 1.29 is 18.7 Å². The lowest BCUT2D eigenvalue weighted by molar-refractivity contribution is 0.104. The fourth-order valence-electron chi connectivity index (χ4n) is 3.27. The van der Waals surface area contributed by atoms with E-state index in [-0.39, 0.29) is 23.6 Å². The van der Waals surface area contributed by atoms with Crippen LogP contribution >= 0.6 is 0 Å². The zero-order valence-corrected chi connectivity index (χ0v) is 20.9. The number of allylic oxidation sites excluding steroid dienone is 1. The smallest absolute Gasteiger partial charge is 0.328 e. The number of halogens is 1. The summed E-state index contributed by atoms with van der Waals surface area (Å²) >= 11 is 0. The molecule has 0 aliphatic rings. The Bertz CT molecular complexity index is 1420. The number of nitrogens with one attached hydrogen (secondary N) is 1. The number of hydrogen-bond acceptors (Lipinski definition) is 8. The van der Waals surface area contributed by atoms with Gasteiger partial charge in [-0.25, -0.2) is 4.39 Å². The van der Waals surface area contributed by atoms with Crippen LogP contribution in [0, 0.1) is 12.7 Å². The number of ether oxygens (including phenoxy) is 2. The summed E-state index contributed by atoms with van der Waals surface area (Å²) in [4.78, 5) is 27.2. The number of benzene rings is 3. The van der Waals surface area contributed by atoms with Crippen LogP contribution < -0.4 is 19.7 Å². The van der Waals surface area contributed by atoms with Gasteiger partial charge in [0.15, 0.2) is 17.3 Å². The lowest BCUT2D eigenvalue weighted by Crippen LogP contribution is -2.15. The van der Waals surface area contributed by atoms with E-state index in [0.29, 0.717) is 28.7 Å². The molecular weight excluding hydrogens is 473 g/mol. The molecule has 0 atom stereocenters. The molecule has 9 heteroatoms. The second kappa shape index (κ2) is 11.3. The number of nitrogens with zero attached hydrogens (tertiary/aromatic N) is 4. The molecule has 0 saturated heterocycles. The standard InChI is InChI=1S/C28H26FN5O3/c1-18-5-9-20(10-6-18)23(35)15-7-19-8-16-24(25(17-19)36-4)37-28-32-26(31-27(33-28)34(2)3)30-22-13-11-21(29)12-14-22/h5-17H,1-4H3,(H,30,31,32,33)/b15-7+. The van der Waals surface area contributed by atoms with Crippen LogP contribution in [0.15, 0.2) is 72.8 Å². The fraction of sp³-hybridized carbons (Fsp3) is 0.143. The minimum absolute atomic E-state index is 0.0412. The lowest BCUT2D eigenvalue weighted by Gasteiger charge is -2.15. The highest BCUT2D eigenvalue weighted by Crippen LogP contribution is 2.32. The van der Waals surface area contributed by atoms with E-state index in [0.717, 1.165) is 11.1 Å². The molecule has 0 bridgehead atoms. The largest absolute Gasteiger partial charge is 0.493 e. The van der Waals surface area contributed by atoms with Gasteiger partial charge in [0.25, 0.3) is 0 Å². The van der Waals surface area contributed by atoms with E-state index in [1.54, 1.807) is 67.5 Å². The highest BCUT2D eigenvalue weighted by Gasteiger charge is 2.14. The summed E-state index contributed by atoms with van der Waals surface area (Å²) in [6.45, 7) is 1.97. The number of aryl methyl sites for hydroxylation is 1. The third kappa shape index (κ3) is 6.66. The SMILES string of the molecule is COc1cc(/C=C/C(=O)c2ccc(C)cc2)ccc1Oc1nc(Nc2ccc(F)cc2)nc(N(C)C)n1. The first-order valence-electron chi connectivity index (χ1n) is 11.4. The first-order valence-corrected chi connectivity index (χ1v) is 11.4. The third-order valence-electron chi connectivity index (χ3n) is 5.26. The quantitative estimate of drug-likeness (QED) is 0.227. The van der Waals surface area contributed by atoms with E-state index in [9.17, 15) is 9.18 Å². The molecular formula is C28H26FN5O3. The minimum atomic E-state index is -0.343. The molecule has 4 rings (SSSR count). The van der Waals surface area contributed by atoms with Crippen molar-refractivity contribution in [2.75, 3.05) is 31.4 Å². The van der Waals surface area contributed by atoms with E-state index in [2.05, 4.69) is 20.3 Å². The molecule has 0 unspecified atom stereocenters. The summed E-state index contributed by atoms with van der Waals surface area (Å²) in [5, 5.41) is 3.03. The van der Waals surface area contributed by atoms with E-state index in [1.807, 2.05) is 19.1 Å². The number of hydrogen-bond donors (Lipinski definition) is 1. The molecule has 0 saturated carbocycles. The summed E-state index contributed by atoms with van der Waals surface area (Å²) in [5.41, 5.74) is 3.07. The normalized spacial score (nSPS) is 10.8. The maximum absolute atomic E-state index is 13.3. The van der Waals surface area contributed by atoms with Gasteiger partial charge in [0.2, 0.25) is 11.9 Å². The van der Waals surface area contributed by atoms with Crippen molar-refractivity contribution in [2.24, 2.45) is 0 Å². The van der Waals surface area contributed by atoms with Crippen LogP contribution in [0.4, 0.5) is 22.0 Å². The van der Waals surface area contributed by atoms with Gasteiger partial charge in [-0.3, -0.25) is 4.79 Å². The second-order valence-corrected chi connectivity index (χ2v) is 8.34. The first kappa shape index (κ1) is 25.3. The molecule has 37 heavy (non-hydrogen) atoms. The number of ketones is 1. The van der Waals surface area contributed by atoms with Crippen molar-refractivity contribution >= 4 is 29.4 Å². The van der Waals surface area contributed by atoms with E-state index >= 15 is 0 Å². The number of rotatable bonds is 9. The Morgan fingerprint density at radius 2 is 1.68 bits per heavy atom. The van der Waals surface area contributed by atoms with Crippen molar-refractivity contribution in [3.8, 4) is 17.5 Å². The Balaban J connectivity index is 1.55. The van der Waals surface area contributed by atoms with Crippen LogP contribution in [-0.4, -0.2) is 41.9 Å². The van der Waals surface area contributed by atoms with E-state index in [1.165, 1.54) is 25.3 Å². The summed E-state index contributed by atoms with van der Waals surface area (Å²) in [7, 11) is 5.11. The third-order valence-corrected chi connectivity index (χ3v) is 5.26. The first-order chi connectivity index (χ1) is 17.8. The predicted molar refractivity (Wildman–Crippen MR) is 141 cm³/mol. The Morgan fingerprint density at radius 3 is 2.35 bits per heavy atom. The molecule has 0 aliphatic heterocycles.